The van der Waals surface area contributed by atoms with Crippen molar-refractivity contribution in [3.63, 3.8) is 0 Å². The molecule has 0 aliphatic heterocycles. The maximum absolute atomic E-state index is 12.8. The van der Waals surface area contributed by atoms with E-state index in [4.69, 9.17) is 4.74 Å². The van der Waals surface area contributed by atoms with Crippen molar-refractivity contribution in [1.82, 2.24) is 5.32 Å². The number of halogens is 1. The molecule has 1 aromatic carbocycles. The first-order valence-electron chi connectivity index (χ1n) is 5.42. The van der Waals surface area contributed by atoms with E-state index in [1.165, 1.54) is 6.07 Å². The highest BCUT2D eigenvalue weighted by atomic mass is 19.1. The second-order valence-corrected chi connectivity index (χ2v) is 3.47. The van der Waals surface area contributed by atoms with Crippen molar-refractivity contribution >= 4 is 5.69 Å². The Kier molecular flexibility index (Phi) is 5.35. The SMILES string of the molecule is CCCNCCOc1ccc(F)cc1[N+](=O)[O-]. The van der Waals surface area contributed by atoms with Crippen LogP contribution in [-0.2, 0) is 0 Å². The zero-order valence-electron chi connectivity index (χ0n) is 9.61. The van der Waals surface area contributed by atoms with Crippen LogP contribution >= 0.6 is 0 Å². The van der Waals surface area contributed by atoms with Gasteiger partial charge in [-0.25, -0.2) is 4.39 Å². The molecule has 17 heavy (non-hydrogen) atoms. The number of ether oxygens (including phenoxy) is 1. The molecule has 0 saturated carbocycles. The van der Waals surface area contributed by atoms with Crippen molar-refractivity contribution < 1.29 is 14.1 Å². The van der Waals surface area contributed by atoms with Crippen LogP contribution in [0.1, 0.15) is 13.3 Å². The Morgan fingerprint density at radius 3 is 2.88 bits per heavy atom. The molecule has 1 aromatic rings. The minimum Gasteiger partial charge on any atom is -0.485 e. The van der Waals surface area contributed by atoms with E-state index in [0.29, 0.717) is 13.2 Å². The van der Waals surface area contributed by atoms with Gasteiger partial charge in [-0.2, -0.15) is 0 Å². The van der Waals surface area contributed by atoms with E-state index >= 15 is 0 Å². The number of benzene rings is 1. The average Bonchev–Trinajstić information content (AvgIpc) is 2.30. The average molecular weight is 242 g/mol. The molecule has 0 atom stereocenters. The van der Waals surface area contributed by atoms with Crippen molar-refractivity contribution in [2.24, 2.45) is 0 Å². The topological polar surface area (TPSA) is 64.4 Å². The third kappa shape index (κ3) is 4.36. The zero-order chi connectivity index (χ0) is 12.7. The molecule has 0 aliphatic rings. The highest BCUT2D eigenvalue weighted by Gasteiger charge is 2.15. The Morgan fingerprint density at radius 2 is 2.24 bits per heavy atom. The summed E-state index contributed by atoms with van der Waals surface area (Å²) in [6.45, 7) is 3.82. The first kappa shape index (κ1) is 13.4. The highest BCUT2D eigenvalue weighted by Crippen LogP contribution is 2.27. The molecule has 0 fully saturated rings. The Balaban J connectivity index is 2.55. The molecule has 0 amide bonds. The normalized spacial score (nSPS) is 10.2. The van der Waals surface area contributed by atoms with Crippen LogP contribution in [0.4, 0.5) is 10.1 Å². The number of nitro benzene ring substituents is 1. The molecular weight excluding hydrogens is 227 g/mol. The second kappa shape index (κ2) is 6.80. The van der Waals surface area contributed by atoms with Gasteiger partial charge in [0.05, 0.1) is 11.0 Å². The largest absolute Gasteiger partial charge is 0.485 e. The van der Waals surface area contributed by atoms with Gasteiger partial charge < -0.3 is 10.1 Å². The van der Waals surface area contributed by atoms with E-state index in [1.54, 1.807) is 0 Å². The van der Waals surface area contributed by atoms with Gasteiger partial charge in [0.15, 0.2) is 5.75 Å². The molecule has 0 unspecified atom stereocenters. The van der Waals surface area contributed by atoms with Gasteiger partial charge in [-0.1, -0.05) is 6.92 Å². The fourth-order valence-corrected chi connectivity index (χ4v) is 1.29. The minimum absolute atomic E-state index is 0.0923. The first-order chi connectivity index (χ1) is 8.15. The maximum Gasteiger partial charge on any atom is 0.313 e. The van der Waals surface area contributed by atoms with Gasteiger partial charge in [0.25, 0.3) is 0 Å². The Morgan fingerprint density at radius 1 is 1.47 bits per heavy atom. The zero-order valence-corrected chi connectivity index (χ0v) is 9.61. The predicted octanol–water partition coefficient (Wildman–Crippen LogP) is 2.11. The summed E-state index contributed by atoms with van der Waals surface area (Å²) in [6, 6.07) is 3.27. The van der Waals surface area contributed by atoms with Crippen LogP contribution < -0.4 is 10.1 Å². The Labute approximate surface area is 98.7 Å². The molecule has 0 heterocycles. The van der Waals surface area contributed by atoms with Crippen LogP contribution in [0.5, 0.6) is 5.75 Å². The fourth-order valence-electron chi connectivity index (χ4n) is 1.29. The lowest BCUT2D eigenvalue weighted by Crippen LogP contribution is -2.21. The number of nitrogens with one attached hydrogen (secondary N) is 1. The van der Waals surface area contributed by atoms with Gasteiger partial charge in [0.1, 0.15) is 12.4 Å². The standard InChI is InChI=1S/C11H15FN2O3/c1-2-5-13-6-7-17-11-4-3-9(12)8-10(11)14(15)16/h3-4,8,13H,2,5-7H2,1H3. The summed E-state index contributed by atoms with van der Waals surface area (Å²) in [7, 11) is 0. The third-order valence-corrected chi connectivity index (χ3v) is 2.08. The van der Waals surface area contributed by atoms with Crippen LogP contribution in [0.3, 0.4) is 0 Å². The summed E-state index contributed by atoms with van der Waals surface area (Å²) in [5, 5.41) is 13.7. The van der Waals surface area contributed by atoms with E-state index in [2.05, 4.69) is 5.32 Å². The second-order valence-electron chi connectivity index (χ2n) is 3.47. The molecule has 94 valence electrons. The van der Waals surface area contributed by atoms with Gasteiger partial charge >= 0.3 is 5.69 Å². The summed E-state index contributed by atoms with van der Waals surface area (Å²) in [4.78, 5) is 10.00. The van der Waals surface area contributed by atoms with Crippen LogP contribution in [0.25, 0.3) is 0 Å². The van der Waals surface area contributed by atoms with E-state index in [0.717, 1.165) is 25.1 Å². The smallest absolute Gasteiger partial charge is 0.313 e. The quantitative estimate of drug-likeness (QED) is 0.452. The van der Waals surface area contributed by atoms with Crippen molar-refractivity contribution in [2.75, 3.05) is 19.7 Å². The number of hydrogen-bond acceptors (Lipinski definition) is 4. The van der Waals surface area contributed by atoms with Crippen LogP contribution in [0.2, 0.25) is 0 Å². The van der Waals surface area contributed by atoms with Crippen LogP contribution in [0.15, 0.2) is 18.2 Å². The maximum atomic E-state index is 12.8. The summed E-state index contributed by atoms with van der Waals surface area (Å²) < 4.78 is 18.1. The molecule has 0 spiro atoms. The Bertz CT molecular complexity index is 385. The summed E-state index contributed by atoms with van der Waals surface area (Å²) in [5.41, 5.74) is -0.347. The fraction of sp³-hybridized carbons (Fsp3) is 0.455. The van der Waals surface area contributed by atoms with Crippen LogP contribution in [0, 0.1) is 15.9 Å². The molecular formula is C11H15FN2O3. The summed E-state index contributed by atoms with van der Waals surface area (Å²) in [6.07, 6.45) is 1.01. The molecule has 1 rings (SSSR count). The molecule has 6 heteroatoms. The van der Waals surface area contributed by atoms with Gasteiger partial charge in [-0.3, -0.25) is 10.1 Å². The highest BCUT2D eigenvalue weighted by molar-refractivity contribution is 5.46. The number of hydrogen-bond donors (Lipinski definition) is 1. The summed E-state index contributed by atoms with van der Waals surface area (Å²) >= 11 is 0. The number of nitro groups is 1. The number of rotatable bonds is 7. The monoisotopic (exact) mass is 242 g/mol. The van der Waals surface area contributed by atoms with E-state index in [1.807, 2.05) is 6.92 Å². The number of nitrogens with zero attached hydrogens (tertiary/aromatic N) is 1. The van der Waals surface area contributed by atoms with Crippen molar-refractivity contribution in [1.29, 1.82) is 0 Å². The minimum atomic E-state index is -0.655. The lowest BCUT2D eigenvalue weighted by atomic mass is 10.3. The van der Waals surface area contributed by atoms with E-state index < -0.39 is 10.7 Å². The van der Waals surface area contributed by atoms with Gasteiger partial charge in [0.2, 0.25) is 0 Å². The lowest BCUT2D eigenvalue weighted by molar-refractivity contribution is -0.386. The van der Waals surface area contributed by atoms with E-state index in [-0.39, 0.29) is 11.4 Å². The van der Waals surface area contributed by atoms with Crippen molar-refractivity contribution in [2.45, 2.75) is 13.3 Å². The van der Waals surface area contributed by atoms with Crippen molar-refractivity contribution in [3.05, 3.63) is 34.1 Å². The van der Waals surface area contributed by atoms with E-state index in [9.17, 15) is 14.5 Å². The van der Waals surface area contributed by atoms with Crippen molar-refractivity contribution in [3.8, 4) is 5.75 Å². The molecule has 0 bridgehead atoms. The van der Waals surface area contributed by atoms with Gasteiger partial charge in [-0.15, -0.1) is 0 Å². The molecule has 1 N–H and O–H groups in total. The lowest BCUT2D eigenvalue weighted by Gasteiger charge is -2.07. The molecule has 0 aromatic heterocycles. The molecule has 0 aliphatic carbocycles. The van der Waals surface area contributed by atoms with Gasteiger partial charge in [-0.05, 0) is 25.1 Å². The third-order valence-electron chi connectivity index (χ3n) is 2.08. The molecule has 0 radical (unpaired) electrons. The summed E-state index contributed by atoms with van der Waals surface area (Å²) in [5.74, 6) is -0.553. The van der Waals surface area contributed by atoms with Crippen LogP contribution in [-0.4, -0.2) is 24.6 Å². The predicted molar refractivity (Wildman–Crippen MR) is 61.7 cm³/mol. The molecule has 0 saturated heterocycles. The first-order valence-corrected chi connectivity index (χ1v) is 5.42. The molecule has 5 nitrogen and oxygen atoms in total. The Hall–Kier alpha value is -1.69. The van der Waals surface area contributed by atoms with Gasteiger partial charge in [0, 0.05) is 6.54 Å².